The Hall–Kier alpha value is -13.7. The largest absolute Gasteiger partial charge is 0.445 e. The maximum Gasteiger partial charge on any atom is 0.407 e. The number of fused-ring (bicyclic) bond motifs is 1. The van der Waals surface area contributed by atoms with Gasteiger partial charge in [-0.25, -0.2) is 19.2 Å². The van der Waals surface area contributed by atoms with Crippen molar-refractivity contribution < 1.29 is 81.9 Å². The van der Waals surface area contributed by atoms with Crippen molar-refractivity contribution in [3.63, 3.8) is 0 Å². The number of nitro benzene ring substituents is 4. The van der Waals surface area contributed by atoms with Gasteiger partial charge < -0.3 is 68.5 Å². The Bertz CT molecular complexity index is 4800. The highest BCUT2D eigenvalue weighted by molar-refractivity contribution is 5.99. The predicted molar refractivity (Wildman–Crippen MR) is 443 cm³/mol. The van der Waals surface area contributed by atoms with E-state index < -0.39 is 149 Å². The average Bonchev–Trinajstić information content (AvgIpc) is 1.35. The van der Waals surface area contributed by atoms with Gasteiger partial charge in [-0.15, -0.1) is 5.10 Å². The number of non-ortho nitro benzene ring substituents is 2. The summed E-state index contributed by atoms with van der Waals surface area (Å²) in [6, 6.07) is 23.4. The second kappa shape index (κ2) is 47.7. The standard InChI is InChI=1S/C82H104N18O21/c1-50(2)74(71(102)42-58(17-12-35-85-79(83)108)76(105)90-61-27-21-53(22-28-61)48-120-81(110)87-37-10-15-55-25-32-64(97(112)113)44-68(55)99(116)117)92-73(104)34-31-63-47-96(95-94-63)39-9-8-14-57(41-70(101)52(5)40-60-46-89-67-20-7-6-19-66(60)67)78(107)93-75(51(3)4)72(103)43-59(18-13-36-86-80(84)109)77(106)91-62-29-23-54(24-30-62)49-121-82(111)88-38-11-16-56-26-33-65(98(114)115)45-69(56)100(118)119/h6-7,19-30,32-33,44-47,50-52,57-59,74-75,89H,8-18,31,34-43,48-49H2,1-5H3,(H,87,110)(H,88,111)(H,90,105)(H,91,106)(H,92,104)(H,93,107)(H3,83,85,108)(H3,84,86,109)/t52-,57+,58+,59+,74-,75-/m0/s1. The molecule has 0 aliphatic rings. The number of H-pyrrole nitrogens is 1. The van der Waals surface area contributed by atoms with E-state index >= 15 is 0 Å². The third kappa shape index (κ3) is 31.6. The number of alkyl carbamates (subject to hydrolysis) is 2. The molecule has 0 radical (unpaired) electrons. The molecule has 0 aliphatic heterocycles. The number of Topliss-reactive ketones (excluding diaryl/α,β-unsaturated/α-hetero) is 3. The highest BCUT2D eigenvalue weighted by Gasteiger charge is 2.35. The van der Waals surface area contributed by atoms with Crippen LogP contribution in [0.25, 0.3) is 10.9 Å². The van der Waals surface area contributed by atoms with Crippen LogP contribution in [-0.4, -0.2) is 143 Å². The van der Waals surface area contributed by atoms with E-state index in [1.165, 1.54) is 24.3 Å². The number of rotatable bonds is 52. The molecular formula is C82H104N18O21. The van der Waals surface area contributed by atoms with E-state index in [2.05, 4.69) is 57.8 Å². The third-order valence-electron chi connectivity index (χ3n) is 20.2. The first-order valence-corrected chi connectivity index (χ1v) is 39.8. The number of carbonyl (C=O) groups is 11. The van der Waals surface area contributed by atoms with Crippen LogP contribution in [0.3, 0.4) is 0 Å². The molecule has 0 spiro atoms. The Labute approximate surface area is 696 Å². The highest BCUT2D eigenvalue weighted by atomic mass is 16.6. The summed E-state index contributed by atoms with van der Waals surface area (Å²) < 4.78 is 12.2. The molecule has 39 nitrogen and oxygen atoms in total. The van der Waals surface area contributed by atoms with E-state index in [-0.39, 0.29) is 146 Å². The van der Waals surface area contributed by atoms with Gasteiger partial charge in [-0.05, 0) is 142 Å². The van der Waals surface area contributed by atoms with Gasteiger partial charge in [0.05, 0.1) is 49.6 Å². The molecule has 121 heavy (non-hydrogen) atoms. The number of urea groups is 2. The lowest BCUT2D eigenvalue weighted by Gasteiger charge is -2.26. The summed E-state index contributed by atoms with van der Waals surface area (Å²) in [7, 11) is 0. The number of hydrogen-bond donors (Lipinski definition) is 11. The number of aromatic amines is 1. The number of hydrogen-bond acceptors (Lipinski definition) is 23. The summed E-state index contributed by atoms with van der Waals surface area (Å²) >= 11 is 0. The van der Waals surface area contributed by atoms with Gasteiger partial charge in [-0.3, -0.25) is 78.7 Å². The number of nitrogens with two attached hydrogens (primary N) is 2. The quantitative estimate of drug-likeness (QED) is 0.00958. The third-order valence-corrected chi connectivity index (χ3v) is 20.2. The lowest BCUT2D eigenvalue weighted by atomic mass is 9.86. The minimum Gasteiger partial charge on any atom is -0.445 e. The summed E-state index contributed by atoms with van der Waals surface area (Å²) in [5.41, 5.74) is 13.5. The fourth-order valence-electron chi connectivity index (χ4n) is 13.5. The number of primary amides is 2. The smallest absolute Gasteiger partial charge is 0.407 e. The van der Waals surface area contributed by atoms with Crippen LogP contribution in [0.2, 0.25) is 0 Å². The second-order valence-corrected chi connectivity index (χ2v) is 30.2. The highest BCUT2D eigenvalue weighted by Crippen LogP contribution is 2.30. The van der Waals surface area contributed by atoms with Crippen LogP contribution in [0, 0.1) is 76.0 Å². The molecule has 10 amide bonds. The van der Waals surface area contributed by atoms with E-state index in [1.54, 1.807) is 94.0 Å². The summed E-state index contributed by atoms with van der Waals surface area (Å²) in [4.78, 5) is 193. The van der Waals surface area contributed by atoms with Crippen LogP contribution in [-0.2, 0) is 88.5 Å². The van der Waals surface area contributed by atoms with E-state index in [0.717, 1.165) is 28.6 Å². The van der Waals surface area contributed by atoms with E-state index in [9.17, 15) is 93.2 Å². The maximum absolute atomic E-state index is 14.7. The molecule has 0 saturated carbocycles. The molecule has 0 unspecified atom stereocenters. The maximum atomic E-state index is 14.7. The van der Waals surface area contributed by atoms with Crippen LogP contribution in [0.1, 0.15) is 152 Å². The first-order chi connectivity index (χ1) is 57.7. The average molecular weight is 1680 g/mol. The van der Waals surface area contributed by atoms with Crippen molar-refractivity contribution in [1.29, 1.82) is 0 Å². The fraction of sp³-hybridized carbons (Fsp3) is 0.451. The molecule has 7 rings (SSSR count). The van der Waals surface area contributed by atoms with Crippen LogP contribution in [0.5, 0.6) is 0 Å². The summed E-state index contributed by atoms with van der Waals surface area (Å²) in [5.74, 6) is -7.27. The van der Waals surface area contributed by atoms with Gasteiger partial charge in [0.2, 0.25) is 23.6 Å². The Morgan fingerprint density at radius 2 is 0.950 bits per heavy atom. The first-order valence-electron chi connectivity index (χ1n) is 39.8. The van der Waals surface area contributed by atoms with Gasteiger partial charge in [-0.2, -0.15) is 0 Å². The Balaban J connectivity index is 0.909. The predicted octanol–water partition coefficient (Wildman–Crippen LogP) is 10.3. The van der Waals surface area contributed by atoms with Crippen LogP contribution < -0.4 is 54.0 Å². The topological polar surface area (TPSA) is 574 Å². The molecule has 0 fully saturated rings. The second-order valence-electron chi connectivity index (χ2n) is 30.2. The monoisotopic (exact) mass is 1680 g/mol. The molecule has 5 aromatic carbocycles. The van der Waals surface area contributed by atoms with Crippen molar-refractivity contribution in [2.45, 2.75) is 176 Å². The van der Waals surface area contributed by atoms with Crippen molar-refractivity contribution >= 4 is 110 Å². The van der Waals surface area contributed by atoms with Gasteiger partial charge in [0, 0.05) is 146 Å². The zero-order chi connectivity index (χ0) is 88.2. The van der Waals surface area contributed by atoms with Crippen molar-refractivity contribution in [3.8, 4) is 0 Å². The van der Waals surface area contributed by atoms with Crippen molar-refractivity contribution in [1.82, 2.24) is 51.9 Å². The van der Waals surface area contributed by atoms with Crippen LogP contribution in [0.4, 0.5) is 53.3 Å². The van der Waals surface area contributed by atoms with E-state index in [4.69, 9.17) is 20.9 Å². The Morgan fingerprint density at radius 3 is 1.42 bits per heavy atom. The van der Waals surface area contributed by atoms with Gasteiger partial charge in [0.1, 0.15) is 19.0 Å². The number of amides is 10. The number of anilines is 2. The zero-order valence-corrected chi connectivity index (χ0v) is 68.0. The lowest BCUT2D eigenvalue weighted by molar-refractivity contribution is -0.394. The molecule has 13 N–H and O–H groups in total. The number of benzene rings is 5. The number of carbonyl (C=O) groups excluding carboxylic acids is 11. The SMILES string of the molecule is CC(C)[C@H](NC(=O)CCc1cn(CCCC[C@H](CC(=O)[C@@H](C)Cc2c[nH]c3ccccc23)C(=O)N[C@H](C(=O)C[C@@H](CCCNC(N)=O)C(=O)Nc2ccc(COC(=O)NCCCc3ccc([N+](=O)[O-])cc3[N+](=O)[O-])cc2)C(C)C)nn1)C(=O)C[C@@H](CCCNC(N)=O)C(=O)Nc1ccc(COC(=O)NCCCc2ccc([N+](=O)[O-])cc2[N+](=O)[O-])cc1. The molecule has 2 heterocycles. The summed E-state index contributed by atoms with van der Waals surface area (Å²) in [6.45, 7) is 9.16. The normalized spacial score (nSPS) is 12.6. The molecule has 39 heteroatoms. The van der Waals surface area contributed by atoms with E-state index in [1.807, 2.05) is 30.5 Å². The first kappa shape index (κ1) is 94.5. The molecule has 7 aromatic rings. The number of aromatic nitrogens is 4. The summed E-state index contributed by atoms with van der Waals surface area (Å²) in [5, 5.41) is 76.3. The van der Waals surface area contributed by atoms with Gasteiger partial charge >= 0.3 is 24.2 Å². The fourth-order valence-corrected chi connectivity index (χ4v) is 13.5. The number of nitrogens with zero attached hydrogens (tertiary/aromatic N) is 7. The van der Waals surface area contributed by atoms with Crippen LogP contribution in [0.15, 0.2) is 122 Å². The molecule has 0 aliphatic carbocycles. The minimum atomic E-state index is -1.10. The van der Waals surface area contributed by atoms with Gasteiger partial charge in [0.15, 0.2) is 11.6 Å². The number of para-hydroxylation sites is 1. The van der Waals surface area contributed by atoms with Crippen molar-refractivity contribution in [2.24, 2.45) is 47.0 Å². The Morgan fingerprint density at radius 1 is 0.496 bits per heavy atom. The number of nitro groups is 4. The molecule has 2 aromatic heterocycles. The van der Waals surface area contributed by atoms with Gasteiger partial charge in [-0.1, -0.05) is 88.7 Å². The molecule has 0 saturated heterocycles. The lowest BCUT2D eigenvalue weighted by Crippen LogP contribution is -2.48. The number of nitrogens with one attached hydrogen (secondary N) is 9. The number of ketones is 3. The molecule has 0 bridgehead atoms. The number of aryl methyl sites for hydroxylation is 4. The summed E-state index contributed by atoms with van der Waals surface area (Å²) in [6.07, 6.45) is 4.37. The molecular weight excluding hydrogens is 1570 g/mol. The molecule has 6 atom stereocenters. The number of unbranched alkanes of at least 4 members (excludes halogenated alkanes) is 1. The zero-order valence-electron chi connectivity index (χ0n) is 68.0. The van der Waals surface area contributed by atoms with Gasteiger partial charge in [0.25, 0.3) is 22.7 Å². The van der Waals surface area contributed by atoms with Crippen molar-refractivity contribution in [3.05, 3.63) is 196 Å². The number of ether oxygens (including phenoxy) is 2. The Kier molecular flexibility index (Phi) is 37.2. The molecule has 648 valence electrons. The minimum absolute atomic E-state index is 0.0752. The van der Waals surface area contributed by atoms with Crippen LogP contribution >= 0.6 is 0 Å². The van der Waals surface area contributed by atoms with Crippen molar-refractivity contribution in [2.75, 3.05) is 36.8 Å². The van der Waals surface area contributed by atoms with E-state index in [0.29, 0.717) is 54.0 Å².